The molecule has 6 heteroatoms. The minimum absolute atomic E-state index is 0.0245. The molecule has 40 heavy (non-hydrogen) atoms. The molecular formula is C34H45NO5. The van der Waals surface area contributed by atoms with Gasteiger partial charge in [-0.25, -0.2) is 0 Å². The van der Waals surface area contributed by atoms with E-state index in [-0.39, 0.29) is 46.8 Å². The smallest absolute Gasteiger partial charge is 0.303 e. The molecule has 0 amide bonds. The molecule has 4 aliphatic rings. The average Bonchev–Trinajstić information content (AvgIpc) is 3.06. The standard InChI is InChI=1S/C34H45NO5/c1-22(36)40-21-29(39)34(5)25(20-35(6)19-23-10-8-7-9-11-23)17-32(3)27-13-12-24-16-26(37)14-15-31(24,2)30(27)28(38)18-33(32,34)4/h7-11,14-16,25,27-28,30,38H,12-13,17-21H2,1-6H3. The van der Waals surface area contributed by atoms with E-state index in [0.717, 1.165) is 37.9 Å². The van der Waals surface area contributed by atoms with Crippen LogP contribution in [-0.4, -0.2) is 53.8 Å². The van der Waals surface area contributed by atoms with Crippen molar-refractivity contribution in [3.63, 3.8) is 0 Å². The highest BCUT2D eigenvalue weighted by molar-refractivity contribution is 6.01. The van der Waals surface area contributed by atoms with Crippen LogP contribution in [0.15, 0.2) is 54.1 Å². The molecule has 1 aromatic rings. The Labute approximate surface area is 238 Å². The van der Waals surface area contributed by atoms with Crippen LogP contribution in [0.25, 0.3) is 0 Å². The molecule has 0 spiro atoms. The Morgan fingerprint density at radius 3 is 2.48 bits per heavy atom. The van der Waals surface area contributed by atoms with E-state index in [1.807, 2.05) is 24.3 Å². The van der Waals surface area contributed by atoms with Crippen molar-refractivity contribution in [2.45, 2.75) is 73.0 Å². The van der Waals surface area contributed by atoms with Gasteiger partial charge in [0, 0.05) is 36.8 Å². The Bertz CT molecular complexity index is 1250. The van der Waals surface area contributed by atoms with Crippen LogP contribution in [0.4, 0.5) is 0 Å². The lowest BCUT2D eigenvalue weighted by Gasteiger charge is -2.64. The van der Waals surface area contributed by atoms with E-state index in [1.54, 1.807) is 12.2 Å². The number of ether oxygens (including phenoxy) is 1. The highest BCUT2D eigenvalue weighted by Gasteiger charge is 2.74. The summed E-state index contributed by atoms with van der Waals surface area (Å²) in [7, 11) is 2.11. The first-order valence-electron chi connectivity index (χ1n) is 14.8. The quantitative estimate of drug-likeness (QED) is 0.475. The zero-order valence-corrected chi connectivity index (χ0v) is 24.9. The lowest BCUT2D eigenvalue weighted by molar-refractivity contribution is -0.185. The van der Waals surface area contributed by atoms with Crippen molar-refractivity contribution in [2.24, 2.45) is 39.4 Å². The fourth-order valence-corrected chi connectivity index (χ4v) is 9.67. The molecular weight excluding hydrogens is 502 g/mol. The van der Waals surface area contributed by atoms with Crippen LogP contribution in [0.3, 0.4) is 0 Å². The van der Waals surface area contributed by atoms with Gasteiger partial charge in [0.15, 0.2) is 18.2 Å². The van der Waals surface area contributed by atoms with Gasteiger partial charge in [0.1, 0.15) is 0 Å². The van der Waals surface area contributed by atoms with Crippen LogP contribution < -0.4 is 0 Å². The number of esters is 1. The van der Waals surface area contributed by atoms with Crippen LogP contribution in [0, 0.1) is 39.4 Å². The highest BCUT2D eigenvalue weighted by atomic mass is 16.5. The summed E-state index contributed by atoms with van der Waals surface area (Å²) >= 11 is 0. The molecule has 0 aliphatic heterocycles. The minimum Gasteiger partial charge on any atom is -0.458 e. The molecule has 0 saturated heterocycles. The van der Waals surface area contributed by atoms with Gasteiger partial charge >= 0.3 is 5.97 Å². The van der Waals surface area contributed by atoms with E-state index in [4.69, 9.17) is 4.74 Å². The molecule has 0 heterocycles. The van der Waals surface area contributed by atoms with E-state index in [9.17, 15) is 19.5 Å². The summed E-state index contributed by atoms with van der Waals surface area (Å²) in [5, 5.41) is 11.9. The number of aliphatic hydroxyl groups excluding tert-OH is 1. The normalized spacial score (nSPS) is 40.2. The Balaban J connectivity index is 1.54. The maximum Gasteiger partial charge on any atom is 0.303 e. The molecule has 5 rings (SSSR count). The maximum atomic E-state index is 14.2. The van der Waals surface area contributed by atoms with E-state index in [0.29, 0.717) is 6.42 Å². The van der Waals surface area contributed by atoms with Crippen LogP contribution in [0.2, 0.25) is 0 Å². The topological polar surface area (TPSA) is 83.9 Å². The van der Waals surface area contributed by atoms with E-state index in [2.05, 4.69) is 51.8 Å². The van der Waals surface area contributed by atoms with Gasteiger partial charge < -0.3 is 14.7 Å². The van der Waals surface area contributed by atoms with Gasteiger partial charge in [-0.1, -0.05) is 69.7 Å². The lowest BCUT2D eigenvalue weighted by atomic mass is 9.40. The van der Waals surface area contributed by atoms with Gasteiger partial charge in [-0.3, -0.25) is 14.4 Å². The molecule has 1 aromatic carbocycles. The number of hydrogen-bond acceptors (Lipinski definition) is 6. The number of hydrogen-bond donors (Lipinski definition) is 1. The molecule has 0 radical (unpaired) electrons. The number of benzene rings is 1. The molecule has 4 aliphatic carbocycles. The summed E-state index contributed by atoms with van der Waals surface area (Å²) in [6, 6.07) is 10.3. The van der Waals surface area contributed by atoms with Crippen molar-refractivity contribution in [2.75, 3.05) is 20.2 Å². The zero-order chi connectivity index (χ0) is 29.1. The fraction of sp³-hybridized carbons (Fsp3) is 0.618. The van der Waals surface area contributed by atoms with E-state index < -0.39 is 22.9 Å². The van der Waals surface area contributed by atoms with Crippen LogP contribution >= 0.6 is 0 Å². The summed E-state index contributed by atoms with van der Waals surface area (Å²) in [6.45, 7) is 11.4. The monoisotopic (exact) mass is 547 g/mol. The second kappa shape index (κ2) is 10.1. The first kappa shape index (κ1) is 28.9. The Morgan fingerprint density at radius 1 is 1.10 bits per heavy atom. The summed E-state index contributed by atoms with van der Waals surface area (Å²) < 4.78 is 5.31. The lowest BCUT2D eigenvalue weighted by Crippen LogP contribution is -2.63. The second-order valence-corrected chi connectivity index (χ2v) is 13.9. The molecule has 0 aromatic heterocycles. The highest BCUT2D eigenvalue weighted by Crippen LogP contribution is 2.76. The molecule has 3 fully saturated rings. The zero-order valence-electron chi connectivity index (χ0n) is 24.9. The number of carbonyl (C=O) groups is 3. The Morgan fingerprint density at radius 2 is 1.80 bits per heavy atom. The van der Waals surface area contributed by atoms with Crippen molar-refractivity contribution < 1.29 is 24.2 Å². The molecule has 0 bridgehead atoms. The first-order chi connectivity index (χ1) is 18.8. The van der Waals surface area contributed by atoms with Crippen molar-refractivity contribution in [3.05, 3.63) is 59.7 Å². The summed E-state index contributed by atoms with van der Waals surface area (Å²) in [5.74, 6) is -0.294. The average molecular weight is 548 g/mol. The van der Waals surface area contributed by atoms with Crippen LogP contribution in [0.5, 0.6) is 0 Å². The van der Waals surface area contributed by atoms with Crippen molar-refractivity contribution in [3.8, 4) is 0 Å². The Hall–Kier alpha value is -2.57. The number of aliphatic hydroxyl groups is 1. The molecule has 8 atom stereocenters. The van der Waals surface area contributed by atoms with Gasteiger partial charge in [0.2, 0.25) is 0 Å². The number of Topliss-reactive ketones (excluding diaryl/α,β-unsaturated/α-hetero) is 1. The molecule has 8 unspecified atom stereocenters. The molecule has 6 nitrogen and oxygen atoms in total. The van der Waals surface area contributed by atoms with Gasteiger partial charge in [0.25, 0.3) is 0 Å². The molecule has 1 N–H and O–H groups in total. The maximum absolute atomic E-state index is 14.2. The number of fused-ring (bicyclic) bond motifs is 5. The summed E-state index contributed by atoms with van der Waals surface area (Å²) in [4.78, 5) is 40.5. The number of rotatable bonds is 7. The first-order valence-corrected chi connectivity index (χ1v) is 14.8. The molecule has 216 valence electrons. The van der Waals surface area contributed by atoms with Crippen molar-refractivity contribution >= 4 is 17.5 Å². The van der Waals surface area contributed by atoms with Gasteiger partial charge in [-0.2, -0.15) is 0 Å². The van der Waals surface area contributed by atoms with Crippen LogP contribution in [0.1, 0.15) is 65.9 Å². The number of nitrogens with zero attached hydrogens (tertiary/aromatic N) is 1. The SMILES string of the molecule is CC(=O)OCC(=O)C1(C)C(CN(C)Cc2ccccc2)CC2(C)C3CCC4=CC(=O)C=CC4(C)C3C(O)CC21C. The van der Waals surface area contributed by atoms with Gasteiger partial charge in [0.05, 0.1) is 6.10 Å². The Kier molecular flexibility index (Phi) is 7.28. The van der Waals surface area contributed by atoms with Crippen LogP contribution in [-0.2, 0) is 25.7 Å². The fourth-order valence-electron chi connectivity index (χ4n) is 9.67. The van der Waals surface area contributed by atoms with E-state index in [1.165, 1.54) is 12.5 Å². The summed E-state index contributed by atoms with van der Waals surface area (Å²) in [5.41, 5.74) is 0.462. The number of allylic oxidation sites excluding steroid dienone is 4. The third-order valence-corrected chi connectivity index (χ3v) is 12.0. The van der Waals surface area contributed by atoms with Gasteiger partial charge in [-0.15, -0.1) is 0 Å². The predicted octanol–water partition coefficient (Wildman–Crippen LogP) is 5.15. The largest absolute Gasteiger partial charge is 0.458 e. The number of carbonyl (C=O) groups excluding carboxylic acids is 3. The van der Waals surface area contributed by atoms with Gasteiger partial charge in [-0.05, 0) is 73.1 Å². The predicted molar refractivity (Wildman–Crippen MR) is 154 cm³/mol. The summed E-state index contributed by atoms with van der Waals surface area (Å²) in [6.07, 6.45) is 7.92. The minimum atomic E-state index is -0.788. The van der Waals surface area contributed by atoms with Crippen molar-refractivity contribution in [1.82, 2.24) is 4.90 Å². The molecule has 3 saturated carbocycles. The second-order valence-electron chi connectivity index (χ2n) is 13.9. The number of ketones is 2. The third kappa shape index (κ3) is 4.25. The third-order valence-electron chi connectivity index (χ3n) is 12.0. The van der Waals surface area contributed by atoms with E-state index >= 15 is 0 Å². The van der Waals surface area contributed by atoms with Crippen molar-refractivity contribution in [1.29, 1.82) is 0 Å².